The van der Waals surface area contributed by atoms with Gasteiger partial charge in [-0.3, -0.25) is 10.1 Å². The summed E-state index contributed by atoms with van der Waals surface area (Å²) in [7, 11) is -3.34. The van der Waals surface area contributed by atoms with Crippen molar-refractivity contribution in [3.05, 3.63) is 53.6 Å². The van der Waals surface area contributed by atoms with Gasteiger partial charge in [0.05, 0.1) is 32.0 Å². The molecule has 2 aromatic carbocycles. The van der Waals surface area contributed by atoms with Gasteiger partial charge in [-0.25, -0.2) is 18.2 Å². The minimum absolute atomic E-state index is 0.140. The zero-order valence-corrected chi connectivity index (χ0v) is 20.3. The lowest BCUT2D eigenvalue weighted by Gasteiger charge is -2.27. The molecule has 2 N–H and O–H groups in total. The SMILES string of the molecule is O=C(O)c1ccc2nc(NC(=O)C(OC3CCOCC3)c3ccc(S(=O)(=O)C4CC4)cc3)sc2c1. The van der Waals surface area contributed by atoms with Gasteiger partial charge < -0.3 is 14.6 Å². The fourth-order valence-electron chi connectivity index (χ4n) is 3.98. The lowest BCUT2D eigenvalue weighted by molar-refractivity contribution is -0.136. The minimum Gasteiger partial charge on any atom is -0.478 e. The molecule has 184 valence electrons. The van der Waals surface area contributed by atoms with Crippen LogP contribution in [0.5, 0.6) is 0 Å². The highest BCUT2D eigenvalue weighted by atomic mass is 32.2. The van der Waals surface area contributed by atoms with E-state index in [1.807, 2.05) is 0 Å². The maximum atomic E-state index is 13.3. The molecule has 2 aliphatic rings. The van der Waals surface area contributed by atoms with Crippen LogP contribution in [0.1, 0.15) is 47.7 Å². The van der Waals surface area contributed by atoms with E-state index >= 15 is 0 Å². The van der Waals surface area contributed by atoms with Crippen molar-refractivity contribution >= 4 is 48.4 Å². The molecule has 5 rings (SSSR count). The number of aromatic nitrogens is 1. The molecule has 0 bridgehead atoms. The molecule has 1 saturated heterocycles. The van der Waals surface area contributed by atoms with Crippen LogP contribution in [0.3, 0.4) is 0 Å². The third-order valence-electron chi connectivity index (χ3n) is 6.08. The molecule has 0 spiro atoms. The molecule has 3 aromatic rings. The van der Waals surface area contributed by atoms with E-state index in [9.17, 15) is 23.1 Å². The Morgan fingerprint density at radius 2 is 1.80 bits per heavy atom. The highest BCUT2D eigenvalue weighted by Crippen LogP contribution is 2.35. The van der Waals surface area contributed by atoms with Crippen LogP contribution in [0.4, 0.5) is 5.13 Å². The van der Waals surface area contributed by atoms with Gasteiger partial charge in [-0.1, -0.05) is 23.5 Å². The monoisotopic (exact) mass is 516 g/mol. The average Bonchev–Trinajstić information content (AvgIpc) is 3.64. The van der Waals surface area contributed by atoms with E-state index in [4.69, 9.17) is 9.47 Å². The zero-order valence-electron chi connectivity index (χ0n) is 18.7. The molecule has 1 aromatic heterocycles. The summed E-state index contributed by atoms with van der Waals surface area (Å²) in [5, 5.41) is 12.0. The first-order valence-corrected chi connectivity index (χ1v) is 13.7. The number of carboxylic acids is 1. The molecule has 0 radical (unpaired) electrons. The summed E-state index contributed by atoms with van der Waals surface area (Å²) in [6.07, 6.45) is 1.50. The molecular weight excluding hydrogens is 492 g/mol. The Bertz CT molecular complexity index is 1360. The number of nitrogens with zero attached hydrogens (tertiary/aromatic N) is 1. The maximum Gasteiger partial charge on any atom is 0.335 e. The third kappa shape index (κ3) is 5.22. The summed E-state index contributed by atoms with van der Waals surface area (Å²) in [5.74, 6) is -1.48. The second-order valence-electron chi connectivity index (χ2n) is 8.64. The Hall–Kier alpha value is -2.86. The molecule has 1 aliphatic heterocycles. The molecule has 11 heteroatoms. The lowest BCUT2D eigenvalue weighted by Crippen LogP contribution is -2.31. The normalized spacial score (nSPS) is 17.8. The molecule has 35 heavy (non-hydrogen) atoms. The van der Waals surface area contributed by atoms with Crippen molar-refractivity contribution in [3.63, 3.8) is 0 Å². The molecular formula is C24H24N2O7S2. The Balaban J connectivity index is 1.39. The third-order valence-corrected chi connectivity index (χ3v) is 9.29. The number of carbonyl (C=O) groups is 2. The van der Waals surface area contributed by atoms with Crippen LogP contribution in [0.25, 0.3) is 10.2 Å². The van der Waals surface area contributed by atoms with Crippen LogP contribution < -0.4 is 5.32 Å². The van der Waals surface area contributed by atoms with Crippen molar-refractivity contribution in [2.24, 2.45) is 0 Å². The van der Waals surface area contributed by atoms with Gasteiger partial charge in [0.1, 0.15) is 0 Å². The first-order chi connectivity index (χ1) is 16.8. The van der Waals surface area contributed by atoms with Crippen molar-refractivity contribution in [1.82, 2.24) is 4.98 Å². The number of hydrogen-bond donors (Lipinski definition) is 2. The Kier molecular flexibility index (Phi) is 6.58. The first kappa shape index (κ1) is 23.9. The second-order valence-corrected chi connectivity index (χ2v) is 11.9. The van der Waals surface area contributed by atoms with Crippen LogP contribution in [0.15, 0.2) is 47.4 Å². The fraction of sp³-hybridized carbons (Fsp3) is 0.375. The van der Waals surface area contributed by atoms with Gasteiger partial charge >= 0.3 is 5.97 Å². The van der Waals surface area contributed by atoms with Crippen molar-refractivity contribution in [3.8, 4) is 0 Å². The van der Waals surface area contributed by atoms with Gasteiger partial charge in [0.25, 0.3) is 5.91 Å². The first-order valence-electron chi connectivity index (χ1n) is 11.3. The molecule has 1 aliphatic carbocycles. The van der Waals surface area contributed by atoms with Crippen LogP contribution >= 0.6 is 11.3 Å². The number of benzene rings is 2. The van der Waals surface area contributed by atoms with E-state index in [0.29, 0.717) is 59.8 Å². The zero-order chi connectivity index (χ0) is 24.6. The number of nitrogens with one attached hydrogen (secondary N) is 1. The van der Waals surface area contributed by atoms with Crippen LogP contribution in [0.2, 0.25) is 0 Å². The summed E-state index contributed by atoms with van der Waals surface area (Å²) >= 11 is 1.17. The number of anilines is 1. The molecule has 1 unspecified atom stereocenters. The van der Waals surface area contributed by atoms with Crippen LogP contribution in [-0.2, 0) is 24.1 Å². The molecule has 9 nitrogen and oxygen atoms in total. The fourth-order valence-corrected chi connectivity index (χ4v) is 6.55. The van der Waals surface area contributed by atoms with Crippen molar-refractivity contribution in [2.45, 2.75) is 48.0 Å². The van der Waals surface area contributed by atoms with E-state index < -0.39 is 27.8 Å². The number of carboxylic acid groups (broad SMARTS) is 1. The standard InChI is InChI=1S/C24H24N2O7S2/c27-22(26-24-25-19-8-3-15(23(28)29)13-20(19)34-24)21(33-16-9-11-32-12-10-16)14-1-4-17(5-2-14)35(30,31)18-6-7-18/h1-5,8,13,16,18,21H,6-7,9-12H2,(H,28,29)(H,25,26,27). The number of hydrogen-bond acceptors (Lipinski definition) is 8. The van der Waals surface area contributed by atoms with Gasteiger partial charge in [-0.2, -0.15) is 0 Å². The Morgan fingerprint density at radius 1 is 1.09 bits per heavy atom. The minimum atomic E-state index is -3.34. The summed E-state index contributed by atoms with van der Waals surface area (Å²) in [5.41, 5.74) is 1.26. The number of thiazole rings is 1. The van der Waals surface area contributed by atoms with Crippen molar-refractivity contribution in [1.29, 1.82) is 0 Å². The molecule has 2 heterocycles. The number of amides is 1. The number of rotatable bonds is 8. The Labute approximate surface area is 206 Å². The van der Waals surface area contributed by atoms with E-state index in [1.165, 1.54) is 35.6 Å². The molecule has 1 saturated carbocycles. The highest BCUT2D eigenvalue weighted by molar-refractivity contribution is 7.92. The van der Waals surface area contributed by atoms with Gasteiger partial charge in [0.2, 0.25) is 0 Å². The maximum absolute atomic E-state index is 13.3. The average molecular weight is 517 g/mol. The number of sulfone groups is 1. The van der Waals surface area contributed by atoms with Gasteiger partial charge in [-0.15, -0.1) is 0 Å². The predicted molar refractivity (Wildman–Crippen MR) is 130 cm³/mol. The van der Waals surface area contributed by atoms with E-state index in [1.54, 1.807) is 18.2 Å². The smallest absolute Gasteiger partial charge is 0.335 e. The summed E-state index contributed by atoms with van der Waals surface area (Å²) < 4.78 is 37.3. The van der Waals surface area contributed by atoms with Gasteiger partial charge in [-0.05, 0) is 61.6 Å². The number of aromatic carboxylic acids is 1. The highest BCUT2D eigenvalue weighted by Gasteiger charge is 2.37. The van der Waals surface area contributed by atoms with E-state index in [0.717, 1.165) is 0 Å². The van der Waals surface area contributed by atoms with Crippen molar-refractivity contribution < 1.29 is 32.6 Å². The Morgan fingerprint density at radius 3 is 2.46 bits per heavy atom. The topological polar surface area (TPSA) is 132 Å². The second kappa shape index (κ2) is 9.65. The van der Waals surface area contributed by atoms with Crippen LogP contribution in [0, 0.1) is 0 Å². The largest absolute Gasteiger partial charge is 0.478 e. The van der Waals surface area contributed by atoms with Crippen LogP contribution in [-0.4, -0.2) is 55.0 Å². The van der Waals surface area contributed by atoms with Gasteiger partial charge in [0.15, 0.2) is 21.1 Å². The molecule has 1 amide bonds. The van der Waals surface area contributed by atoms with E-state index in [2.05, 4.69) is 10.3 Å². The molecule has 2 fully saturated rings. The number of ether oxygens (including phenoxy) is 2. The van der Waals surface area contributed by atoms with Crippen molar-refractivity contribution in [2.75, 3.05) is 18.5 Å². The summed E-state index contributed by atoms with van der Waals surface area (Å²) in [6.45, 7) is 1.09. The summed E-state index contributed by atoms with van der Waals surface area (Å²) in [6, 6.07) is 10.9. The molecule has 1 atom stereocenters. The predicted octanol–water partition coefficient (Wildman–Crippen LogP) is 3.81. The van der Waals surface area contributed by atoms with Gasteiger partial charge in [0, 0.05) is 13.2 Å². The lowest BCUT2D eigenvalue weighted by atomic mass is 10.1. The number of carbonyl (C=O) groups excluding carboxylic acids is 1. The number of fused-ring (bicyclic) bond motifs is 1. The van der Waals surface area contributed by atoms with E-state index in [-0.39, 0.29) is 21.8 Å². The summed E-state index contributed by atoms with van der Waals surface area (Å²) in [4.78, 5) is 29.2. The quantitative estimate of drug-likeness (QED) is 0.462.